The largest absolute Gasteiger partial charge is 0.481 e. The number of aromatic nitrogens is 1. The molecule has 0 spiro atoms. The van der Waals surface area contributed by atoms with Gasteiger partial charge in [-0.05, 0) is 18.6 Å². The summed E-state index contributed by atoms with van der Waals surface area (Å²) in [6.45, 7) is 0. The molecule has 1 heterocycles. The average molecular weight is 193 g/mol. The van der Waals surface area contributed by atoms with Crippen molar-refractivity contribution in [3.63, 3.8) is 0 Å². The Bertz CT molecular complexity index is 321. The number of nitrogens with zero attached hydrogens (tertiary/aromatic N) is 1. The van der Waals surface area contributed by atoms with Gasteiger partial charge < -0.3 is 5.11 Å². The standard InChI is InChI=1S/C10H11NO3/c12-9(2-1-3-10(13)14)8-4-6-11-7-5-8/h4-7H,1-3H2,(H,13,14). The molecule has 0 bridgehead atoms. The lowest BCUT2D eigenvalue weighted by atomic mass is 10.1. The first-order valence-electron chi connectivity index (χ1n) is 4.35. The van der Waals surface area contributed by atoms with E-state index in [2.05, 4.69) is 4.98 Å². The summed E-state index contributed by atoms with van der Waals surface area (Å²) in [6.07, 6.45) is 3.79. The van der Waals surface area contributed by atoms with Gasteiger partial charge in [-0.3, -0.25) is 14.6 Å². The van der Waals surface area contributed by atoms with Crippen LogP contribution in [0.1, 0.15) is 29.6 Å². The van der Waals surface area contributed by atoms with Crippen LogP contribution in [0.2, 0.25) is 0 Å². The van der Waals surface area contributed by atoms with Crippen LogP contribution in [-0.4, -0.2) is 21.8 Å². The van der Waals surface area contributed by atoms with Gasteiger partial charge >= 0.3 is 5.97 Å². The molecule has 4 nitrogen and oxygen atoms in total. The number of rotatable bonds is 5. The van der Waals surface area contributed by atoms with E-state index in [9.17, 15) is 9.59 Å². The topological polar surface area (TPSA) is 67.3 Å². The Morgan fingerprint density at radius 1 is 1.21 bits per heavy atom. The van der Waals surface area contributed by atoms with E-state index in [-0.39, 0.29) is 18.6 Å². The number of carbonyl (C=O) groups is 2. The van der Waals surface area contributed by atoms with Crippen LogP contribution in [-0.2, 0) is 4.79 Å². The fourth-order valence-electron chi connectivity index (χ4n) is 1.08. The van der Waals surface area contributed by atoms with E-state index in [0.717, 1.165) is 0 Å². The second-order valence-corrected chi connectivity index (χ2v) is 2.91. The number of aliphatic carboxylic acids is 1. The van der Waals surface area contributed by atoms with Gasteiger partial charge in [-0.25, -0.2) is 0 Å². The fourth-order valence-corrected chi connectivity index (χ4v) is 1.08. The van der Waals surface area contributed by atoms with Gasteiger partial charge in [0.05, 0.1) is 0 Å². The minimum absolute atomic E-state index is 0.0337. The summed E-state index contributed by atoms with van der Waals surface area (Å²) in [7, 11) is 0. The summed E-state index contributed by atoms with van der Waals surface area (Å²) in [5.41, 5.74) is 0.588. The van der Waals surface area contributed by atoms with Crippen LogP contribution in [0.25, 0.3) is 0 Å². The van der Waals surface area contributed by atoms with Crippen molar-refractivity contribution in [2.75, 3.05) is 0 Å². The van der Waals surface area contributed by atoms with Crippen molar-refractivity contribution >= 4 is 11.8 Å². The summed E-state index contributed by atoms with van der Waals surface area (Å²) in [5, 5.41) is 8.38. The molecule has 0 aromatic carbocycles. The number of carboxylic acid groups (broad SMARTS) is 1. The van der Waals surface area contributed by atoms with Crippen molar-refractivity contribution < 1.29 is 14.7 Å². The highest BCUT2D eigenvalue weighted by atomic mass is 16.4. The molecular weight excluding hydrogens is 182 g/mol. The Labute approximate surface area is 81.6 Å². The first-order valence-corrected chi connectivity index (χ1v) is 4.35. The van der Waals surface area contributed by atoms with Crippen LogP contribution < -0.4 is 0 Å². The van der Waals surface area contributed by atoms with Crippen molar-refractivity contribution in [1.82, 2.24) is 4.98 Å². The predicted octanol–water partition coefficient (Wildman–Crippen LogP) is 1.52. The third kappa shape index (κ3) is 3.35. The Morgan fingerprint density at radius 3 is 2.43 bits per heavy atom. The lowest BCUT2D eigenvalue weighted by Gasteiger charge is -1.98. The monoisotopic (exact) mass is 193 g/mol. The molecule has 0 unspecified atom stereocenters. The normalized spacial score (nSPS) is 9.71. The molecule has 0 atom stereocenters. The zero-order valence-electron chi connectivity index (χ0n) is 7.64. The summed E-state index contributed by atoms with van der Waals surface area (Å²) in [6, 6.07) is 3.26. The number of hydrogen-bond donors (Lipinski definition) is 1. The lowest BCUT2D eigenvalue weighted by Crippen LogP contribution is -2.01. The van der Waals surface area contributed by atoms with Gasteiger partial charge in [-0.15, -0.1) is 0 Å². The molecular formula is C10H11NO3. The minimum atomic E-state index is -0.868. The van der Waals surface area contributed by atoms with Gasteiger partial charge in [0.2, 0.25) is 0 Å². The molecule has 74 valence electrons. The van der Waals surface area contributed by atoms with Gasteiger partial charge in [0, 0.05) is 30.8 Å². The molecule has 0 aliphatic carbocycles. The first kappa shape index (κ1) is 10.4. The fraction of sp³-hybridized carbons (Fsp3) is 0.300. The quantitative estimate of drug-likeness (QED) is 0.720. The molecule has 14 heavy (non-hydrogen) atoms. The summed E-state index contributed by atoms with van der Waals surface area (Å²) in [5.74, 6) is -0.902. The molecule has 0 saturated heterocycles. The van der Waals surface area contributed by atoms with Crippen molar-refractivity contribution in [3.05, 3.63) is 30.1 Å². The second kappa shape index (κ2) is 5.11. The van der Waals surface area contributed by atoms with Gasteiger partial charge in [0.15, 0.2) is 5.78 Å². The third-order valence-corrected chi connectivity index (χ3v) is 1.80. The second-order valence-electron chi connectivity index (χ2n) is 2.91. The molecule has 0 aliphatic rings. The van der Waals surface area contributed by atoms with E-state index in [1.165, 1.54) is 0 Å². The van der Waals surface area contributed by atoms with Crippen molar-refractivity contribution in [2.24, 2.45) is 0 Å². The number of Topliss-reactive ketones (excluding diaryl/α,β-unsaturated/α-hetero) is 1. The Kier molecular flexibility index (Phi) is 3.79. The molecule has 1 aromatic rings. The highest BCUT2D eigenvalue weighted by molar-refractivity contribution is 5.95. The molecule has 0 saturated carbocycles. The van der Waals surface area contributed by atoms with Crippen molar-refractivity contribution in [1.29, 1.82) is 0 Å². The van der Waals surface area contributed by atoms with E-state index >= 15 is 0 Å². The van der Waals surface area contributed by atoms with Gasteiger partial charge in [-0.2, -0.15) is 0 Å². The molecule has 1 rings (SSSR count). The van der Waals surface area contributed by atoms with E-state index in [1.54, 1.807) is 24.5 Å². The maximum absolute atomic E-state index is 11.4. The van der Waals surface area contributed by atoms with Gasteiger partial charge in [0.25, 0.3) is 0 Å². The highest BCUT2D eigenvalue weighted by Crippen LogP contribution is 2.05. The zero-order valence-corrected chi connectivity index (χ0v) is 7.64. The Hall–Kier alpha value is -1.71. The van der Waals surface area contributed by atoms with E-state index < -0.39 is 5.97 Å². The molecule has 0 radical (unpaired) electrons. The van der Waals surface area contributed by atoms with Gasteiger partial charge in [0.1, 0.15) is 0 Å². The lowest BCUT2D eigenvalue weighted by molar-refractivity contribution is -0.137. The molecule has 0 aliphatic heterocycles. The summed E-state index contributed by atoms with van der Waals surface area (Å²) >= 11 is 0. The van der Waals surface area contributed by atoms with E-state index in [1.807, 2.05) is 0 Å². The molecule has 0 amide bonds. The van der Waals surface area contributed by atoms with E-state index in [0.29, 0.717) is 12.0 Å². The first-order chi connectivity index (χ1) is 6.70. The van der Waals surface area contributed by atoms with Crippen LogP contribution in [0.15, 0.2) is 24.5 Å². The molecule has 4 heteroatoms. The van der Waals surface area contributed by atoms with Crippen LogP contribution in [0.4, 0.5) is 0 Å². The number of carboxylic acids is 1. The summed E-state index contributed by atoms with van der Waals surface area (Å²) < 4.78 is 0. The summed E-state index contributed by atoms with van der Waals surface area (Å²) in [4.78, 5) is 25.4. The van der Waals surface area contributed by atoms with Crippen LogP contribution in [0.5, 0.6) is 0 Å². The van der Waals surface area contributed by atoms with Gasteiger partial charge in [-0.1, -0.05) is 0 Å². The maximum atomic E-state index is 11.4. The number of carbonyl (C=O) groups excluding carboxylic acids is 1. The smallest absolute Gasteiger partial charge is 0.303 e. The highest BCUT2D eigenvalue weighted by Gasteiger charge is 2.05. The molecule has 0 fully saturated rings. The predicted molar refractivity (Wildman–Crippen MR) is 50.1 cm³/mol. The van der Waals surface area contributed by atoms with Crippen LogP contribution in [0.3, 0.4) is 0 Å². The molecule has 1 aromatic heterocycles. The van der Waals surface area contributed by atoms with E-state index in [4.69, 9.17) is 5.11 Å². The number of hydrogen-bond acceptors (Lipinski definition) is 3. The van der Waals surface area contributed by atoms with Crippen molar-refractivity contribution in [3.8, 4) is 0 Å². The Morgan fingerprint density at radius 2 is 1.86 bits per heavy atom. The van der Waals surface area contributed by atoms with Crippen LogP contribution in [0, 0.1) is 0 Å². The van der Waals surface area contributed by atoms with Crippen molar-refractivity contribution in [2.45, 2.75) is 19.3 Å². The SMILES string of the molecule is O=C(O)CCCC(=O)c1ccncc1. The average Bonchev–Trinajstić information content (AvgIpc) is 2.18. The number of pyridine rings is 1. The number of ketones is 1. The van der Waals surface area contributed by atoms with Crippen LogP contribution >= 0.6 is 0 Å². The third-order valence-electron chi connectivity index (χ3n) is 1.80. The Balaban J connectivity index is 2.40. The minimum Gasteiger partial charge on any atom is -0.481 e. The molecule has 1 N–H and O–H groups in total. The zero-order chi connectivity index (χ0) is 10.4. The maximum Gasteiger partial charge on any atom is 0.303 e.